The van der Waals surface area contributed by atoms with Crippen LogP contribution < -0.4 is 4.74 Å². The molecule has 2 atom stereocenters. The lowest BCUT2D eigenvalue weighted by Gasteiger charge is -2.32. The number of halogens is 10. The van der Waals surface area contributed by atoms with Gasteiger partial charge in [-0.15, -0.1) is 0 Å². The van der Waals surface area contributed by atoms with Gasteiger partial charge in [-0.1, -0.05) is 18.2 Å². The van der Waals surface area contributed by atoms with Crippen molar-refractivity contribution >= 4 is 0 Å². The highest BCUT2D eigenvalue weighted by Crippen LogP contribution is 2.40. The van der Waals surface area contributed by atoms with E-state index in [9.17, 15) is 43.9 Å². The molecule has 0 amide bonds. The Hall–Kier alpha value is -3.58. The van der Waals surface area contributed by atoms with Gasteiger partial charge in [-0.2, -0.15) is 17.6 Å². The quantitative estimate of drug-likeness (QED) is 0.128. The zero-order chi connectivity index (χ0) is 31.5. The van der Waals surface area contributed by atoms with Crippen LogP contribution in [-0.2, 0) is 28.1 Å². The van der Waals surface area contributed by atoms with Gasteiger partial charge in [-0.05, 0) is 68.0 Å². The highest BCUT2D eigenvalue weighted by atomic mass is 19.3. The van der Waals surface area contributed by atoms with Crippen LogP contribution in [0.2, 0.25) is 0 Å². The van der Waals surface area contributed by atoms with E-state index < -0.39 is 82.8 Å². The van der Waals surface area contributed by atoms with Crippen LogP contribution in [0.3, 0.4) is 0 Å². The summed E-state index contributed by atoms with van der Waals surface area (Å²) in [6.45, 7) is 1.33. The van der Waals surface area contributed by atoms with Crippen molar-refractivity contribution < 1.29 is 58.1 Å². The molecule has 232 valence electrons. The van der Waals surface area contributed by atoms with Crippen LogP contribution in [0, 0.1) is 34.9 Å². The predicted octanol–water partition coefficient (Wildman–Crippen LogP) is 9.14. The lowest BCUT2D eigenvalue weighted by molar-refractivity contribution is -0.290. The van der Waals surface area contributed by atoms with E-state index in [0.29, 0.717) is 30.5 Å². The number of benzene rings is 3. The summed E-state index contributed by atoms with van der Waals surface area (Å²) in [6.07, 6.45) is -6.65. The van der Waals surface area contributed by atoms with Crippen molar-refractivity contribution in [2.75, 3.05) is 6.61 Å². The standard InChI is InChI=1S/C30H24F10O3/c1-2-3-4-5-16-6-8-20(21(31)10-16)29(37,38)42-18-7-9-26(41-15-18)17-11-22(32)27(23(33)12-17)30(39,40)43-19-13-24(34)28(36)25(35)14-19/h2-3,6,8,10-14,18,26H,4-5,7,9,15H2,1H3. The van der Waals surface area contributed by atoms with Crippen LogP contribution >= 0.6 is 0 Å². The Morgan fingerprint density at radius 2 is 1.47 bits per heavy atom. The fourth-order valence-electron chi connectivity index (χ4n) is 4.57. The van der Waals surface area contributed by atoms with Gasteiger partial charge in [0.15, 0.2) is 17.5 Å². The Morgan fingerprint density at radius 3 is 2.02 bits per heavy atom. The number of ether oxygens (including phenoxy) is 3. The van der Waals surface area contributed by atoms with Crippen LogP contribution in [0.5, 0.6) is 5.75 Å². The highest BCUT2D eigenvalue weighted by molar-refractivity contribution is 5.32. The number of rotatable bonds is 10. The molecule has 4 rings (SSSR count). The number of alkyl halides is 4. The summed E-state index contributed by atoms with van der Waals surface area (Å²) >= 11 is 0. The smallest absolute Gasteiger partial charge is 0.429 e. The Labute approximate surface area is 239 Å². The van der Waals surface area contributed by atoms with E-state index in [1.54, 1.807) is 0 Å². The third-order valence-corrected chi connectivity index (χ3v) is 6.66. The monoisotopic (exact) mass is 622 g/mol. The summed E-state index contributed by atoms with van der Waals surface area (Å²) in [6, 6.07) is 4.46. The Morgan fingerprint density at radius 1 is 0.814 bits per heavy atom. The molecule has 0 bridgehead atoms. The minimum Gasteiger partial charge on any atom is -0.429 e. The van der Waals surface area contributed by atoms with Crippen molar-refractivity contribution in [2.45, 2.75) is 57.0 Å². The third-order valence-electron chi connectivity index (χ3n) is 6.66. The van der Waals surface area contributed by atoms with E-state index >= 15 is 0 Å². The molecular formula is C30H24F10O3. The molecule has 0 saturated carbocycles. The van der Waals surface area contributed by atoms with Gasteiger partial charge in [0.1, 0.15) is 28.8 Å². The molecule has 3 aromatic rings. The second kappa shape index (κ2) is 13.0. The largest absolute Gasteiger partial charge is 0.432 e. The van der Waals surface area contributed by atoms with Crippen molar-refractivity contribution in [3.63, 3.8) is 0 Å². The summed E-state index contributed by atoms with van der Waals surface area (Å²) in [5, 5.41) is 0. The fraction of sp³-hybridized carbons (Fsp3) is 0.333. The topological polar surface area (TPSA) is 27.7 Å². The lowest BCUT2D eigenvalue weighted by Crippen LogP contribution is -2.34. The van der Waals surface area contributed by atoms with Crippen molar-refractivity contribution in [2.24, 2.45) is 0 Å². The van der Waals surface area contributed by atoms with Crippen molar-refractivity contribution in [1.82, 2.24) is 0 Å². The number of allylic oxidation sites excluding steroid dienone is 2. The summed E-state index contributed by atoms with van der Waals surface area (Å²) in [7, 11) is 0. The first-order chi connectivity index (χ1) is 20.2. The summed E-state index contributed by atoms with van der Waals surface area (Å²) in [5.74, 6) is -11.7. The maximum atomic E-state index is 14.8. The van der Waals surface area contributed by atoms with E-state index in [0.717, 1.165) is 12.1 Å². The Kier molecular flexibility index (Phi) is 9.75. The number of hydrogen-bond donors (Lipinski definition) is 0. The second-order valence-corrected chi connectivity index (χ2v) is 9.76. The first kappa shape index (κ1) is 32.3. The molecule has 0 aliphatic carbocycles. The Balaban J connectivity index is 1.41. The molecular weight excluding hydrogens is 598 g/mol. The highest BCUT2D eigenvalue weighted by Gasteiger charge is 2.43. The minimum atomic E-state index is -4.78. The molecule has 0 radical (unpaired) electrons. The minimum absolute atomic E-state index is 0.0737. The van der Waals surface area contributed by atoms with Gasteiger partial charge in [0.2, 0.25) is 0 Å². The molecule has 1 aliphatic heterocycles. The first-order valence-corrected chi connectivity index (χ1v) is 13.0. The van der Waals surface area contributed by atoms with Crippen LogP contribution in [0.25, 0.3) is 0 Å². The molecule has 0 spiro atoms. The van der Waals surface area contributed by atoms with Gasteiger partial charge in [0.05, 0.1) is 24.4 Å². The molecule has 1 fully saturated rings. The number of aryl methyl sites for hydroxylation is 1. The average Bonchev–Trinajstić information content (AvgIpc) is 2.91. The van der Waals surface area contributed by atoms with Crippen LogP contribution in [0.15, 0.2) is 54.6 Å². The molecule has 3 aromatic carbocycles. The zero-order valence-electron chi connectivity index (χ0n) is 22.4. The molecule has 13 heteroatoms. The first-order valence-electron chi connectivity index (χ1n) is 13.0. The van der Waals surface area contributed by atoms with Crippen molar-refractivity contribution in [1.29, 1.82) is 0 Å². The fourth-order valence-corrected chi connectivity index (χ4v) is 4.57. The molecule has 1 aliphatic rings. The van der Waals surface area contributed by atoms with Crippen LogP contribution in [0.1, 0.15) is 54.5 Å². The average molecular weight is 622 g/mol. The second-order valence-electron chi connectivity index (χ2n) is 9.76. The van der Waals surface area contributed by atoms with Crippen LogP contribution in [0.4, 0.5) is 43.9 Å². The summed E-state index contributed by atoms with van der Waals surface area (Å²) < 4.78 is 157. The van der Waals surface area contributed by atoms with Crippen molar-refractivity contribution in [3.05, 3.63) is 112 Å². The molecule has 2 unspecified atom stereocenters. The summed E-state index contributed by atoms with van der Waals surface area (Å²) in [4.78, 5) is 0. The van der Waals surface area contributed by atoms with Gasteiger partial charge in [0.25, 0.3) is 0 Å². The van der Waals surface area contributed by atoms with Crippen molar-refractivity contribution in [3.8, 4) is 5.75 Å². The molecule has 1 heterocycles. The maximum absolute atomic E-state index is 14.8. The van der Waals surface area contributed by atoms with Gasteiger partial charge < -0.3 is 14.2 Å². The molecule has 0 aromatic heterocycles. The maximum Gasteiger partial charge on any atom is 0.432 e. The van der Waals surface area contributed by atoms with Gasteiger partial charge in [-0.3, -0.25) is 0 Å². The SMILES string of the molecule is CC=CCCc1ccc(C(F)(F)OC2CCC(c3cc(F)c(C(F)(F)Oc4cc(F)c(F)c(F)c4)c(F)c3)OC2)c(F)c1. The lowest BCUT2D eigenvalue weighted by atomic mass is 9.98. The summed E-state index contributed by atoms with van der Waals surface area (Å²) in [5.41, 5.74) is -2.60. The van der Waals surface area contributed by atoms with Crippen LogP contribution in [-0.4, -0.2) is 12.7 Å². The van der Waals surface area contributed by atoms with Gasteiger partial charge in [0, 0.05) is 12.1 Å². The molecule has 1 saturated heterocycles. The Bertz CT molecular complexity index is 1440. The zero-order valence-corrected chi connectivity index (χ0v) is 22.4. The van der Waals surface area contributed by atoms with E-state index in [1.165, 1.54) is 6.07 Å². The molecule has 3 nitrogen and oxygen atoms in total. The third kappa shape index (κ3) is 7.50. The van der Waals surface area contributed by atoms with Gasteiger partial charge in [-0.25, -0.2) is 26.3 Å². The normalized spacial score (nSPS) is 17.9. The van der Waals surface area contributed by atoms with Gasteiger partial charge >= 0.3 is 12.2 Å². The van der Waals surface area contributed by atoms with E-state index in [-0.39, 0.29) is 30.5 Å². The molecule has 43 heavy (non-hydrogen) atoms. The molecule has 0 N–H and O–H groups in total. The van der Waals surface area contributed by atoms with E-state index in [1.807, 2.05) is 19.1 Å². The van der Waals surface area contributed by atoms with E-state index in [4.69, 9.17) is 9.47 Å². The number of hydrogen-bond acceptors (Lipinski definition) is 3. The predicted molar refractivity (Wildman–Crippen MR) is 133 cm³/mol. The van der Waals surface area contributed by atoms with E-state index in [2.05, 4.69) is 4.74 Å².